The smallest absolute Gasteiger partial charge is 0.191 e. The fourth-order valence-electron chi connectivity index (χ4n) is 3.69. The minimum Gasteiger partial charge on any atom is -0.377 e. The molecule has 7 heteroatoms. The molecule has 6 nitrogen and oxygen atoms in total. The molecule has 0 aliphatic carbocycles. The van der Waals surface area contributed by atoms with Gasteiger partial charge in [-0.2, -0.15) is 0 Å². The fraction of sp³-hybridized carbons (Fsp3) is 0.800. The molecular formula is C20H38IN5O. The van der Waals surface area contributed by atoms with Gasteiger partial charge in [0.15, 0.2) is 5.96 Å². The number of nitrogens with one attached hydrogen (secondary N) is 2. The zero-order valence-electron chi connectivity index (χ0n) is 17.8. The molecule has 1 aromatic rings. The van der Waals surface area contributed by atoms with E-state index in [1.165, 1.54) is 6.42 Å². The number of rotatable bonds is 6. The van der Waals surface area contributed by atoms with E-state index in [0.29, 0.717) is 18.4 Å². The normalized spacial score (nSPS) is 21.1. The predicted octanol–water partition coefficient (Wildman–Crippen LogP) is 3.66. The Morgan fingerprint density at radius 1 is 1.37 bits per heavy atom. The molecule has 156 valence electrons. The molecule has 1 saturated heterocycles. The predicted molar refractivity (Wildman–Crippen MR) is 123 cm³/mol. The summed E-state index contributed by atoms with van der Waals surface area (Å²) in [6.07, 6.45) is 6.53. The van der Waals surface area contributed by atoms with Crippen LogP contribution in [0.4, 0.5) is 0 Å². The number of halogens is 1. The summed E-state index contributed by atoms with van der Waals surface area (Å²) in [5.41, 5.74) is 0.158. The van der Waals surface area contributed by atoms with Crippen molar-refractivity contribution in [1.82, 2.24) is 20.2 Å². The van der Waals surface area contributed by atoms with E-state index in [1.807, 2.05) is 19.4 Å². The first-order valence-corrected chi connectivity index (χ1v) is 9.87. The summed E-state index contributed by atoms with van der Waals surface area (Å²) >= 11 is 0. The SMILES string of the molecule is CN=C(NCc1nccn1CC(C)C)NCC1CCCOC1C(C)(C)C.I. The van der Waals surface area contributed by atoms with Crippen molar-refractivity contribution in [2.45, 2.75) is 66.7 Å². The number of ether oxygens (including phenoxy) is 1. The van der Waals surface area contributed by atoms with Gasteiger partial charge in [-0.25, -0.2) is 4.98 Å². The largest absolute Gasteiger partial charge is 0.377 e. The molecule has 2 heterocycles. The second-order valence-electron chi connectivity index (χ2n) is 8.76. The molecule has 0 bridgehead atoms. The van der Waals surface area contributed by atoms with Crippen molar-refractivity contribution in [2.24, 2.45) is 22.2 Å². The van der Waals surface area contributed by atoms with Crippen molar-refractivity contribution in [3.05, 3.63) is 18.2 Å². The van der Waals surface area contributed by atoms with Gasteiger partial charge in [-0.15, -0.1) is 24.0 Å². The highest BCUT2D eigenvalue weighted by Gasteiger charge is 2.35. The van der Waals surface area contributed by atoms with Crippen LogP contribution >= 0.6 is 24.0 Å². The molecule has 1 fully saturated rings. The van der Waals surface area contributed by atoms with E-state index in [-0.39, 0.29) is 35.5 Å². The van der Waals surface area contributed by atoms with Crippen molar-refractivity contribution in [1.29, 1.82) is 0 Å². The zero-order valence-corrected chi connectivity index (χ0v) is 20.1. The van der Waals surface area contributed by atoms with Crippen LogP contribution in [-0.4, -0.2) is 41.8 Å². The van der Waals surface area contributed by atoms with E-state index in [9.17, 15) is 0 Å². The highest BCUT2D eigenvalue weighted by atomic mass is 127. The molecule has 0 aromatic carbocycles. The Labute approximate surface area is 182 Å². The number of aromatic nitrogens is 2. The quantitative estimate of drug-likeness (QED) is 0.362. The topological polar surface area (TPSA) is 63.5 Å². The van der Waals surface area contributed by atoms with Crippen LogP contribution in [0.1, 0.15) is 53.3 Å². The number of hydrogen-bond acceptors (Lipinski definition) is 3. The lowest BCUT2D eigenvalue weighted by Gasteiger charge is -2.40. The highest BCUT2D eigenvalue weighted by molar-refractivity contribution is 14.0. The number of imidazole rings is 1. The molecule has 0 amide bonds. The average molecular weight is 491 g/mol. The summed E-state index contributed by atoms with van der Waals surface area (Å²) in [6, 6.07) is 0. The Balaban J connectivity index is 0.00000364. The van der Waals surface area contributed by atoms with Crippen molar-refractivity contribution in [3.63, 3.8) is 0 Å². The molecular weight excluding hydrogens is 453 g/mol. The van der Waals surface area contributed by atoms with Gasteiger partial charge in [0.1, 0.15) is 5.82 Å². The summed E-state index contributed by atoms with van der Waals surface area (Å²) in [4.78, 5) is 8.83. The van der Waals surface area contributed by atoms with Crippen molar-refractivity contribution < 1.29 is 4.74 Å². The van der Waals surface area contributed by atoms with Gasteiger partial charge < -0.3 is 19.9 Å². The van der Waals surface area contributed by atoms with Crippen LogP contribution < -0.4 is 10.6 Å². The molecule has 0 saturated carbocycles. The van der Waals surface area contributed by atoms with Crippen LogP contribution in [0.15, 0.2) is 17.4 Å². The Morgan fingerprint density at radius 2 is 2.11 bits per heavy atom. The van der Waals surface area contributed by atoms with Gasteiger partial charge in [0.05, 0.1) is 12.6 Å². The minimum absolute atomic E-state index is 0. The molecule has 2 rings (SSSR count). The average Bonchev–Trinajstić information content (AvgIpc) is 3.01. The second kappa shape index (κ2) is 11.2. The summed E-state index contributed by atoms with van der Waals surface area (Å²) < 4.78 is 8.28. The van der Waals surface area contributed by atoms with Crippen LogP contribution in [0.5, 0.6) is 0 Å². The Kier molecular flexibility index (Phi) is 10.1. The minimum atomic E-state index is 0. The van der Waals surface area contributed by atoms with E-state index in [4.69, 9.17) is 4.74 Å². The van der Waals surface area contributed by atoms with Gasteiger partial charge in [-0.05, 0) is 24.2 Å². The molecule has 27 heavy (non-hydrogen) atoms. The standard InChI is InChI=1S/C20H37N5O.HI/c1-15(2)14-25-10-9-22-17(25)13-24-19(21-6)23-12-16-8-7-11-26-18(16)20(3,4)5;/h9-10,15-16,18H,7-8,11-14H2,1-6H3,(H2,21,23,24);1H. The van der Waals surface area contributed by atoms with Crippen LogP contribution in [0, 0.1) is 17.3 Å². The molecule has 0 spiro atoms. The van der Waals surface area contributed by atoms with Crippen molar-refractivity contribution >= 4 is 29.9 Å². The lowest BCUT2D eigenvalue weighted by atomic mass is 9.78. The maximum Gasteiger partial charge on any atom is 0.191 e. The van der Waals surface area contributed by atoms with Gasteiger partial charge in [-0.3, -0.25) is 4.99 Å². The summed E-state index contributed by atoms with van der Waals surface area (Å²) in [6.45, 7) is 14.6. The maximum atomic E-state index is 6.08. The third-order valence-electron chi connectivity index (χ3n) is 4.83. The van der Waals surface area contributed by atoms with Crippen LogP contribution in [0.3, 0.4) is 0 Å². The summed E-state index contributed by atoms with van der Waals surface area (Å²) in [5, 5.41) is 6.88. The van der Waals surface area contributed by atoms with Gasteiger partial charge in [0.2, 0.25) is 0 Å². The van der Waals surface area contributed by atoms with Crippen molar-refractivity contribution in [3.8, 4) is 0 Å². The van der Waals surface area contributed by atoms with E-state index in [2.05, 4.69) is 59.8 Å². The van der Waals surface area contributed by atoms with Gasteiger partial charge in [0.25, 0.3) is 0 Å². The first-order chi connectivity index (χ1) is 12.3. The fourth-order valence-corrected chi connectivity index (χ4v) is 3.69. The van der Waals surface area contributed by atoms with Crippen LogP contribution in [0.2, 0.25) is 0 Å². The molecule has 2 N–H and O–H groups in total. The van der Waals surface area contributed by atoms with E-state index < -0.39 is 0 Å². The van der Waals surface area contributed by atoms with Gasteiger partial charge in [-0.1, -0.05) is 34.6 Å². The Bertz CT molecular complexity index is 579. The molecule has 2 unspecified atom stereocenters. The van der Waals surface area contributed by atoms with Crippen LogP contribution in [0.25, 0.3) is 0 Å². The zero-order chi connectivity index (χ0) is 19.2. The third-order valence-corrected chi connectivity index (χ3v) is 4.83. The van der Waals surface area contributed by atoms with Crippen molar-refractivity contribution in [2.75, 3.05) is 20.2 Å². The first-order valence-electron chi connectivity index (χ1n) is 9.87. The molecule has 0 radical (unpaired) electrons. The number of aliphatic imine (C=N–C) groups is 1. The Hall–Kier alpha value is -0.830. The maximum absolute atomic E-state index is 6.08. The van der Waals surface area contributed by atoms with E-state index in [1.54, 1.807) is 0 Å². The third kappa shape index (κ3) is 7.60. The first kappa shape index (κ1) is 24.2. The lowest BCUT2D eigenvalue weighted by molar-refractivity contribution is -0.0835. The second-order valence-corrected chi connectivity index (χ2v) is 8.76. The molecule has 1 aliphatic rings. The summed E-state index contributed by atoms with van der Waals surface area (Å²) in [7, 11) is 1.81. The van der Waals surface area contributed by atoms with Gasteiger partial charge in [0, 0.05) is 45.1 Å². The molecule has 2 atom stereocenters. The number of hydrogen-bond donors (Lipinski definition) is 2. The van der Waals surface area contributed by atoms with E-state index in [0.717, 1.165) is 37.9 Å². The monoisotopic (exact) mass is 491 g/mol. The lowest BCUT2D eigenvalue weighted by Crippen LogP contribution is -2.47. The van der Waals surface area contributed by atoms with Crippen LogP contribution in [-0.2, 0) is 17.8 Å². The van der Waals surface area contributed by atoms with Gasteiger partial charge >= 0.3 is 0 Å². The van der Waals surface area contributed by atoms with E-state index >= 15 is 0 Å². The molecule has 1 aromatic heterocycles. The summed E-state index contributed by atoms with van der Waals surface area (Å²) in [5.74, 6) is 2.96. The number of guanidine groups is 1. The highest BCUT2D eigenvalue weighted by Crippen LogP contribution is 2.33. The Morgan fingerprint density at radius 3 is 2.74 bits per heavy atom. The molecule has 1 aliphatic heterocycles. The number of nitrogens with zero attached hydrogens (tertiary/aromatic N) is 3.